The lowest BCUT2D eigenvalue weighted by atomic mass is 9.88. The molecule has 0 aromatic heterocycles. The van der Waals surface area contributed by atoms with E-state index < -0.39 is 0 Å². The molecule has 0 amide bonds. The second-order valence-corrected chi connectivity index (χ2v) is 6.47. The van der Waals surface area contributed by atoms with Gasteiger partial charge < -0.3 is 5.32 Å². The van der Waals surface area contributed by atoms with Crippen LogP contribution in [0.3, 0.4) is 0 Å². The molecule has 0 bridgehead atoms. The fourth-order valence-corrected chi connectivity index (χ4v) is 4.33. The summed E-state index contributed by atoms with van der Waals surface area (Å²) in [5, 5.41) is 3.70. The van der Waals surface area contributed by atoms with Crippen LogP contribution in [0.1, 0.15) is 35.6 Å². The van der Waals surface area contributed by atoms with E-state index in [1.54, 1.807) is 0 Å². The SMILES string of the molecule is CCNC(c1cccc(C)c1)C1CSc2ccccc21. The minimum atomic E-state index is 0.413. The van der Waals surface area contributed by atoms with Crippen LogP contribution in [0.25, 0.3) is 0 Å². The summed E-state index contributed by atoms with van der Waals surface area (Å²) in [7, 11) is 0. The van der Waals surface area contributed by atoms with E-state index in [0.29, 0.717) is 12.0 Å². The van der Waals surface area contributed by atoms with Crippen molar-refractivity contribution >= 4 is 11.8 Å². The number of hydrogen-bond donors (Lipinski definition) is 1. The molecular formula is C18H21NS. The van der Waals surface area contributed by atoms with Crippen LogP contribution >= 0.6 is 11.8 Å². The topological polar surface area (TPSA) is 12.0 Å². The Labute approximate surface area is 125 Å². The van der Waals surface area contributed by atoms with Crippen LogP contribution < -0.4 is 5.32 Å². The largest absolute Gasteiger partial charge is 0.310 e. The molecule has 2 aromatic rings. The first kappa shape index (κ1) is 13.7. The molecular weight excluding hydrogens is 262 g/mol. The maximum absolute atomic E-state index is 3.70. The lowest BCUT2D eigenvalue weighted by molar-refractivity contribution is 0.485. The number of fused-ring (bicyclic) bond motifs is 1. The van der Waals surface area contributed by atoms with Gasteiger partial charge >= 0.3 is 0 Å². The normalized spacial score (nSPS) is 18.8. The van der Waals surface area contributed by atoms with E-state index in [0.717, 1.165) is 6.54 Å². The van der Waals surface area contributed by atoms with Gasteiger partial charge in [0.25, 0.3) is 0 Å². The molecule has 1 N–H and O–H groups in total. The average molecular weight is 283 g/mol. The quantitative estimate of drug-likeness (QED) is 0.884. The van der Waals surface area contributed by atoms with Gasteiger partial charge in [-0.15, -0.1) is 11.8 Å². The Hall–Kier alpha value is -1.25. The number of aryl methyl sites for hydroxylation is 1. The van der Waals surface area contributed by atoms with E-state index in [4.69, 9.17) is 0 Å². The fraction of sp³-hybridized carbons (Fsp3) is 0.333. The third kappa shape index (κ3) is 2.63. The zero-order chi connectivity index (χ0) is 13.9. The Balaban J connectivity index is 1.96. The molecule has 3 rings (SSSR count). The molecule has 0 radical (unpaired) electrons. The monoisotopic (exact) mass is 283 g/mol. The number of rotatable bonds is 4. The number of thioether (sulfide) groups is 1. The molecule has 1 nitrogen and oxygen atoms in total. The van der Waals surface area contributed by atoms with Gasteiger partial charge in [0.15, 0.2) is 0 Å². The van der Waals surface area contributed by atoms with E-state index in [2.05, 4.69) is 67.7 Å². The molecule has 1 heterocycles. The number of hydrogen-bond acceptors (Lipinski definition) is 2. The molecule has 1 aliphatic rings. The van der Waals surface area contributed by atoms with Crippen LogP contribution in [0.5, 0.6) is 0 Å². The van der Waals surface area contributed by atoms with Gasteiger partial charge in [-0.05, 0) is 30.7 Å². The highest BCUT2D eigenvalue weighted by molar-refractivity contribution is 7.99. The molecule has 0 saturated heterocycles. The van der Waals surface area contributed by atoms with Gasteiger partial charge in [0.2, 0.25) is 0 Å². The number of likely N-dealkylation sites (N-methyl/N-ethyl adjacent to an activating group) is 1. The fourth-order valence-electron chi connectivity index (χ4n) is 3.04. The summed E-state index contributed by atoms with van der Waals surface area (Å²) >= 11 is 1.99. The van der Waals surface area contributed by atoms with E-state index in [9.17, 15) is 0 Å². The average Bonchev–Trinajstić information content (AvgIpc) is 2.88. The van der Waals surface area contributed by atoms with Crippen molar-refractivity contribution in [1.29, 1.82) is 0 Å². The van der Waals surface area contributed by atoms with Crippen molar-refractivity contribution in [3.63, 3.8) is 0 Å². The summed E-state index contributed by atoms with van der Waals surface area (Å²) in [4.78, 5) is 1.45. The van der Waals surface area contributed by atoms with Crippen molar-refractivity contribution < 1.29 is 0 Å². The zero-order valence-corrected chi connectivity index (χ0v) is 12.9. The first-order valence-corrected chi connectivity index (χ1v) is 8.30. The first-order chi connectivity index (χ1) is 9.79. The van der Waals surface area contributed by atoms with Gasteiger partial charge in [-0.3, -0.25) is 0 Å². The minimum absolute atomic E-state index is 0.413. The molecule has 1 aliphatic heterocycles. The van der Waals surface area contributed by atoms with Crippen molar-refractivity contribution in [2.75, 3.05) is 12.3 Å². The molecule has 2 aromatic carbocycles. The third-order valence-corrected chi connectivity index (χ3v) is 5.17. The highest BCUT2D eigenvalue weighted by atomic mass is 32.2. The highest BCUT2D eigenvalue weighted by Crippen LogP contribution is 2.45. The molecule has 0 saturated carbocycles. The van der Waals surface area contributed by atoms with Crippen molar-refractivity contribution in [3.05, 3.63) is 65.2 Å². The number of benzene rings is 2. The standard InChI is InChI=1S/C18H21NS/c1-3-19-18(14-8-6-7-13(2)11-14)16-12-20-17-10-5-4-9-15(16)17/h4-11,16,18-19H,3,12H2,1-2H3. The molecule has 0 fully saturated rings. The summed E-state index contributed by atoms with van der Waals surface area (Å²) in [6.07, 6.45) is 0. The Kier molecular flexibility index (Phi) is 4.13. The predicted molar refractivity (Wildman–Crippen MR) is 87.5 cm³/mol. The Morgan fingerprint density at radius 1 is 1.20 bits per heavy atom. The zero-order valence-electron chi connectivity index (χ0n) is 12.1. The minimum Gasteiger partial charge on any atom is -0.310 e. The number of nitrogens with one attached hydrogen (secondary N) is 1. The van der Waals surface area contributed by atoms with Crippen molar-refractivity contribution in [2.24, 2.45) is 0 Å². The second kappa shape index (κ2) is 6.02. The Morgan fingerprint density at radius 3 is 2.85 bits per heavy atom. The summed E-state index contributed by atoms with van der Waals surface area (Å²) < 4.78 is 0. The maximum Gasteiger partial charge on any atom is 0.0398 e. The van der Waals surface area contributed by atoms with Gasteiger partial charge in [0.05, 0.1) is 0 Å². The summed E-state index contributed by atoms with van der Waals surface area (Å²) in [5.41, 5.74) is 4.25. The van der Waals surface area contributed by atoms with E-state index >= 15 is 0 Å². The van der Waals surface area contributed by atoms with Crippen LogP contribution in [-0.4, -0.2) is 12.3 Å². The molecule has 20 heavy (non-hydrogen) atoms. The summed E-state index contributed by atoms with van der Waals surface area (Å²) in [5.74, 6) is 1.74. The van der Waals surface area contributed by atoms with Gasteiger partial charge in [-0.1, -0.05) is 55.0 Å². The van der Waals surface area contributed by atoms with Gasteiger partial charge in [-0.2, -0.15) is 0 Å². The van der Waals surface area contributed by atoms with Crippen LogP contribution in [0.2, 0.25) is 0 Å². The smallest absolute Gasteiger partial charge is 0.0398 e. The van der Waals surface area contributed by atoms with Gasteiger partial charge in [-0.25, -0.2) is 0 Å². The van der Waals surface area contributed by atoms with E-state index in [1.807, 2.05) is 11.8 Å². The maximum atomic E-state index is 3.70. The molecule has 104 valence electrons. The molecule has 2 atom stereocenters. The molecule has 0 aliphatic carbocycles. The second-order valence-electron chi connectivity index (χ2n) is 5.40. The van der Waals surface area contributed by atoms with E-state index in [1.165, 1.54) is 27.3 Å². The lowest BCUT2D eigenvalue weighted by Crippen LogP contribution is -2.27. The Morgan fingerprint density at radius 2 is 2.05 bits per heavy atom. The lowest BCUT2D eigenvalue weighted by Gasteiger charge is -2.25. The highest BCUT2D eigenvalue weighted by Gasteiger charge is 2.30. The van der Waals surface area contributed by atoms with E-state index in [-0.39, 0.29) is 0 Å². The molecule has 0 spiro atoms. The first-order valence-electron chi connectivity index (χ1n) is 7.31. The van der Waals surface area contributed by atoms with Crippen LogP contribution in [-0.2, 0) is 0 Å². The van der Waals surface area contributed by atoms with Gasteiger partial charge in [0.1, 0.15) is 0 Å². The van der Waals surface area contributed by atoms with Crippen molar-refractivity contribution in [2.45, 2.75) is 30.7 Å². The van der Waals surface area contributed by atoms with Gasteiger partial charge in [0, 0.05) is 22.6 Å². The molecule has 2 heteroatoms. The van der Waals surface area contributed by atoms with Crippen molar-refractivity contribution in [1.82, 2.24) is 5.32 Å². The van der Waals surface area contributed by atoms with Crippen LogP contribution in [0.4, 0.5) is 0 Å². The van der Waals surface area contributed by atoms with Crippen LogP contribution in [0.15, 0.2) is 53.4 Å². The third-order valence-electron chi connectivity index (χ3n) is 3.96. The summed E-state index contributed by atoms with van der Waals surface area (Å²) in [6, 6.07) is 18.2. The summed E-state index contributed by atoms with van der Waals surface area (Å²) in [6.45, 7) is 5.36. The predicted octanol–water partition coefficient (Wildman–Crippen LogP) is 4.54. The Bertz CT molecular complexity index is 593. The molecule has 2 unspecified atom stereocenters. The van der Waals surface area contributed by atoms with Crippen molar-refractivity contribution in [3.8, 4) is 0 Å². The van der Waals surface area contributed by atoms with Crippen LogP contribution in [0, 0.1) is 6.92 Å².